The first-order chi connectivity index (χ1) is 18.8. The third-order valence-electron chi connectivity index (χ3n) is 8.54. The molecule has 1 aliphatic heterocycles. The fraction of sp³-hybridized carbons (Fsp3) is 0.389. The second-order valence-corrected chi connectivity index (χ2v) is 11.2. The van der Waals surface area contributed by atoms with Crippen molar-refractivity contribution in [1.82, 2.24) is 4.90 Å². The molecule has 3 nitrogen and oxygen atoms in total. The highest BCUT2D eigenvalue weighted by Crippen LogP contribution is 2.41. The number of fused-ring (bicyclic) bond motifs is 1. The maximum Gasteiger partial charge on any atom is 0.0608 e. The van der Waals surface area contributed by atoms with Crippen LogP contribution >= 0.6 is 0 Å². The topological polar surface area (TPSA) is 18.5 Å². The van der Waals surface area contributed by atoms with Crippen LogP contribution in [0, 0.1) is 6.92 Å². The average molecular weight is 522 g/mol. The molecule has 0 radical (unpaired) electrons. The molecular weight excluding hydrogens is 474 g/mol. The molecule has 3 heteroatoms. The number of allylic oxidation sites excluding steroid dienone is 1. The number of nitrogens with zero attached hydrogens (tertiary/aromatic N) is 2. The van der Waals surface area contributed by atoms with E-state index in [0.717, 1.165) is 44.6 Å². The summed E-state index contributed by atoms with van der Waals surface area (Å²) in [6.45, 7) is 20.9. The number of benzene rings is 3. The second kappa shape index (κ2) is 12.6. The van der Waals surface area contributed by atoms with E-state index in [1.54, 1.807) is 0 Å². The summed E-state index contributed by atoms with van der Waals surface area (Å²) < 4.78 is 0. The third kappa shape index (κ3) is 6.08. The molecule has 4 rings (SSSR count). The minimum atomic E-state index is 0.269. The first kappa shape index (κ1) is 28.5. The van der Waals surface area contributed by atoms with Crippen molar-refractivity contribution in [3.63, 3.8) is 0 Å². The predicted octanol–water partition coefficient (Wildman–Crippen LogP) is 8.96. The van der Waals surface area contributed by atoms with Gasteiger partial charge in [-0.15, -0.1) is 0 Å². The van der Waals surface area contributed by atoms with Gasteiger partial charge in [-0.25, -0.2) is 0 Å². The third-order valence-corrected chi connectivity index (χ3v) is 8.54. The summed E-state index contributed by atoms with van der Waals surface area (Å²) >= 11 is 0. The molecule has 1 heterocycles. The molecule has 1 aliphatic rings. The summed E-state index contributed by atoms with van der Waals surface area (Å²) in [4.78, 5) is 4.76. The van der Waals surface area contributed by atoms with Gasteiger partial charge in [0.05, 0.1) is 11.4 Å². The SMILES string of the molecule is C=C(CCC)CC(c1ccc2c(c1)CN(C(=C)c1ccccc1)CC2C)c1ccc(N(C)CC)c(NC)c1C. The molecule has 0 aliphatic carbocycles. The van der Waals surface area contributed by atoms with Gasteiger partial charge in [0, 0.05) is 45.3 Å². The number of anilines is 2. The highest BCUT2D eigenvalue weighted by atomic mass is 15.1. The molecule has 1 N–H and O–H groups in total. The van der Waals surface area contributed by atoms with Gasteiger partial charge in [-0.2, -0.15) is 0 Å². The van der Waals surface area contributed by atoms with Gasteiger partial charge in [0.15, 0.2) is 0 Å². The lowest BCUT2D eigenvalue weighted by Crippen LogP contribution is -2.31. The summed E-state index contributed by atoms with van der Waals surface area (Å²) in [7, 11) is 4.20. The highest BCUT2D eigenvalue weighted by molar-refractivity contribution is 5.75. The van der Waals surface area contributed by atoms with Gasteiger partial charge in [0.1, 0.15) is 0 Å². The van der Waals surface area contributed by atoms with Crippen LogP contribution in [0.4, 0.5) is 11.4 Å². The fourth-order valence-electron chi connectivity index (χ4n) is 6.22. The summed E-state index contributed by atoms with van der Waals surface area (Å²) in [5, 5.41) is 3.51. The van der Waals surface area contributed by atoms with Gasteiger partial charge in [-0.3, -0.25) is 0 Å². The minimum Gasteiger partial charge on any atom is -0.386 e. The van der Waals surface area contributed by atoms with Gasteiger partial charge in [0.25, 0.3) is 0 Å². The van der Waals surface area contributed by atoms with Crippen LogP contribution < -0.4 is 10.2 Å². The van der Waals surface area contributed by atoms with Crippen LogP contribution in [-0.2, 0) is 6.54 Å². The van der Waals surface area contributed by atoms with Crippen LogP contribution in [0.3, 0.4) is 0 Å². The lowest BCUT2D eigenvalue weighted by Gasteiger charge is -2.37. The first-order valence-corrected chi connectivity index (χ1v) is 14.6. The average Bonchev–Trinajstić information content (AvgIpc) is 2.95. The molecule has 0 fully saturated rings. The number of hydrogen-bond acceptors (Lipinski definition) is 3. The summed E-state index contributed by atoms with van der Waals surface area (Å²) in [6, 6.07) is 22.5. The molecule has 206 valence electrons. The summed E-state index contributed by atoms with van der Waals surface area (Å²) in [5.41, 5.74) is 13.1. The lowest BCUT2D eigenvalue weighted by molar-refractivity contribution is 0.343. The molecule has 0 spiro atoms. The monoisotopic (exact) mass is 521 g/mol. The van der Waals surface area contributed by atoms with Crippen LogP contribution in [0.15, 0.2) is 79.4 Å². The van der Waals surface area contributed by atoms with Gasteiger partial charge in [0.2, 0.25) is 0 Å². The normalized spacial score (nSPS) is 15.4. The van der Waals surface area contributed by atoms with E-state index in [1.807, 2.05) is 7.05 Å². The quantitative estimate of drug-likeness (QED) is 0.254. The van der Waals surface area contributed by atoms with Crippen molar-refractivity contribution in [2.24, 2.45) is 0 Å². The maximum atomic E-state index is 4.49. The molecular formula is C36H47N3. The van der Waals surface area contributed by atoms with E-state index < -0.39 is 0 Å². The summed E-state index contributed by atoms with van der Waals surface area (Å²) in [5.74, 6) is 0.726. The molecule has 39 heavy (non-hydrogen) atoms. The van der Waals surface area contributed by atoms with Crippen molar-refractivity contribution in [1.29, 1.82) is 0 Å². The molecule has 3 aromatic rings. The molecule has 2 atom stereocenters. The molecule has 0 aromatic heterocycles. The Balaban J connectivity index is 1.75. The van der Waals surface area contributed by atoms with Crippen molar-refractivity contribution < 1.29 is 0 Å². The predicted molar refractivity (Wildman–Crippen MR) is 171 cm³/mol. The first-order valence-electron chi connectivity index (χ1n) is 14.6. The van der Waals surface area contributed by atoms with Crippen molar-refractivity contribution >= 4 is 17.1 Å². The van der Waals surface area contributed by atoms with Crippen LogP contribution in [0.5, 0.6) is 0 Å². The number of hydrogen-bond donors (Lipinski definition) is 1. The van der Waals surface area contributed by atoms with Crippen LogP contribution in [0.1, 0.15) is 85.3 Å². The Morgan fingerprint density at radius 1 is 1.08 bits per heavy atom. The Labute approximate surface area is 237 Å². The molecule has 0 bridgehead atoms. The minimum absolute atomic E-state index is 0.269. The fourth-order valence-corrected chi connectivity index (χ4v) is 6.22. The number of rotatable bonds is 11. The van der Waals surface area contributed by atoms with E-state index >= 15 is 0 Å². The summed E-state index contributed by atoms with van der Waals surface area (Å²) in [6.07, 6.45) is 3.16. The molecule has 2 unspecified atom stereocenters. The Morgan fingerprint density at radius 3 is 2.49 bits per heavy atom. The number of nitrogens with one attached hydrogen (secondary N) is 1. The van der Waals surface area contributed by atoms with E-state index in [4.69, 9.17) is 0 Å². The molecule has 3 aromatic carbocycles. The van der Waals surface area contributed by atoms with E-state index in [2.05, 4.69) is 124 Å². The van der Waals surface area contributed by atoms with Crippen molar-refractivity contribution in [3.05, 3.63) is 113 Å². The molecule has 0 saturated heterocycles. The van der Waals surface area contributed by atoms with Crippen LogP contribution in [0.25, 0.3) is 5.70 Å². The van der Waals surface area contributed by atoms with Crippen LogP contribution in [0.2, 0.25) is 0 Å². The largest absolute Gasteiger partial charge is 0.386 e. The molecule has 0 amide bonds. The van der Waals surface area contributed by atoms with Crippen molar-refractivity contribution in [2.75, 3.05) is 37.4 Å². The van der Waals surface area contributed by atoms with Crippen molar-refractivity contribution in [2.45, 2.75) is 65.3 Å². The Hall–Kier alpha value is -3.46. The van der Waals surface area contributed by atoms with Gasteiger partial charge >= 0.3 is 0 Å². The zero-order valence-electron chi connectivity index (χ0n) is 25.0. The Morgan fingerprint density at radius 2 is 1.82 bits per heavy atom. The zero-order valence-corrected chi connectivity index (χ0v) is 25.0. The van der Waals surface area contributed by atoms with E-state index in [1.165, 1.54) is 50.3 Å². The second-order valence-electron chi connectivity index (χ2n) is 11.2. The van der Waals surface area contributed by atoms with Gasteiger partial charge in [-0.1, -0.05) is 93.6 Å². The highest BCUT2D eigenvalue weighted by Gasteiger charge is 2.27. The standard InChI is InChI=1S/C36H47N3/c1-9-14-25(3)21-34(33-19-20-35(38(8)10-2)36(37-7)27(33)5)30-17-18-32-26(4)23-39(24-31(32)22-30)28(6)29-15-12-11-13-16-29/h11-13,15-20,22,26,34,37H,3,6,9-10,14,21,23-24H2,1-2,4-5,7-8H3. The smallest absolute Gasteiger partial charge is 0.0608 e. The molecule has 0 saturated carbocycles. The lowest BCUT2D eigenvalue weighted by atomic mass is 9.80. The Kier molecular flexibility index (Phi) is 9.22. The van der Waals surface area contributed by atoms with Crippen LogP contribution in [-0.4, -0.2) is 32.1 Å². The Bertz CT molecular complexity index is 1310. The van der Waals surface area contributed by atoms with Gasteiger partial charge in [-0.05, 0) is 72.1 Å². The van der Waals surface area contributed by atoms with Crippen molar-refractivity contribution in [3.8, 4) is 0 Å². The van der Waals surface area contributed by atoms with E-state index in [0.29, 0.717) is 5.92 Å². The zero-order chi connectivity index (χ0) is 28.1. The van der Waals surface area contributed by atoms with Gasteiger partial charge < -0.3 is 15.1 Å². The van der Waals surface area contributed by atoms with E-state index in [9.17, 15) is 0 Å². The maximum absolute atomic E-state index is 4.49. The van der Waals surface area contributed by atoms with E-state index in [-0.39, 0.29) is 5.92 Å².